The number of hydrogen-bond acceptors (Lipinski definition) is 3. The highest BCUT2D eigenvalue weighted by atomic mass is 33.1. The van der Waals surface area contributed by atoms with Gasteiger partial charge in [-0.25, -0.2) is 0 Å². The summed E-state index contributed by atoms with van der Waals surface area (Å²) in [5.74, 6) is 1.32. The Hall–Kier alpha value is 0.660. The molecular formula is C5H11NS2. The molecule has 3 heteroatoms. The molecule has 1 nitrogen and oxygen atoms in total. The van der Waals surface area contributed by atoms with Crippen LogP contribution < -0.4 is 4.72 Å². The van der Waals surface area contributed by atoms with Crippen LogP contribution in [0, 0.1) is 0 Å². The lowest BCUT2D eigenvalue weighted by molar-refractivity contribution is 0.712. The molecule has 0 aromatic carbocycles. The van der Waals surface area contributed by atoms with Crippen LogP contribution in [0.1, 0.15) is 19.3 Å². The fourth-order valence-corrected chi connectivity index (χ4v) is 2.48. The second-order valence-electron chi connectivity index (χ2n) is 1.86. The topological polar surface area (TPSA) is 12.0 Å². The first-order chi connectivity index (χ1) is 4.00. The predicted octanol–water partition coefficient (Wildman–Crippen LogP) is 2.06. The Morgan fingerprint density at radius 1 is 1.12 bits per heavy atom. The summed E-state index contributed by atoms with van der Waals surface area (Å²) in [5, 5.41) is 0. The van der Waals surface area contributed by atoms with Crippen molar-refractivity contribution >= 4 is 21.8 Å². The van der Waals surface area contributed by atoms with Crippen molar-refractivity contribution in [3.63, 3.8) is 0 Å². The minimum absolute atomic E-state index is 1.19. The third kappa shape index (κ3) is 2.84. The third-order valence-electron chi connectivity index (χ3n) is 1.12. The van der Waals surface area contributed by atoms with Crippen LogP contribution >= 0.6 is 21.8 Å². The largest absolute Gasteiger partial charge is 0.255 e. The van der Waals surface area contributed by atoms with Crippen LogP contribution in [-0.2, 0) is 0 Å². The minimum atomic E-state index is 1.19. The summed E-state index contributed by atoms with van der Waals surface area (Å²) >= 11 is 0. The zero-order chi connectivity index (χ0) is 5.66. The van der Waals surface area contributed by atoms with Gasteiger partial charge < -0.3 is 0 Å². The molecule has 0 aliphatic carbocycles. The molecule has 48 valence electrons. The van der Waals surface area contributed by atoms with Crippen molar-refractivity contribution in [1.82, 2.24) is 4.72 Å². The molecule has 0 aromatic rings. The van der Waals surface area contributed by atoms with Crippen molar-refractivity contribution in [2.45, 2.75) is 19.3 Å². The Morgan fingerprint density at radius 3 is 3.12 bits per heavy atom. The van der Waals surface area contributed by atoms with Crippen LogP contribution in [0.3, 0.4) is 0 Å². The lowest BCUT2D eigenvalue weighted by Gasteiger charge is -2.06. The van der Waals surface area contributed by atoms with E-state index in [4.69, 9.17) is 0 Å². The quantitative estimate of drug-likeness (QED) is 0.418. The summed E-state index contributed by atoms with van der Waals surface area (Å²) in [4.78, 5) is 0. The van der Waals surface area contributed by atoms with Gasteiger partial charge in [-0.3, -0.25) is 4.72 Å². The molecule has 1 N–H and O–H groups in total. The Balaban J connectivity index is 2.00. The normalized spacial score (nSPS) is 24.0. The van der Waals surface area contributed by atoms with Gasteiger partial charge in [0.2, 0.25) is 0 Å². The minimum Gasteiger partial charge on any atom is -0.255 e. The van der Waals surface area contributed by atoms with Crippen molar-refractivity contribution in [2.24, 2.45) is 0 Å². The molecule has 0 amide bonds. The van der Waals surface area contributed by atoms with E-state index in [1.165, 1.54) is 31.6 Å². The molecule has 1 fully saturated rings. The summed E-state index contributed by atoms with van der Waals surface area (Å²) < 4.78 is 3.27. The Kier molecular flexibility index (Phi) is 3.84. The Bertz CT molecular complexity index is 34.4. The van der Waals surface area contributed by atoms with Gasteiger partial charge in [-0.2, -0.15) is 0 Å². The smallest absolute Gasteiger partial charge is 0.00664 e. The summed E-state index contributed by atoms with van der Waals surface area (Å²) in [6, 6.07) is 0. The summed E-state index contributed by atoms with van der Waals surface area (Å²) in [5.41, 5.74) is 0. The van der Waals surface area contributed by atoms with Crippen LogP contribution in [0.15, 0.2) is 0 Å². The average molecular weight is 149 g/mol. The van der Waals surface area contributed by atoms with Gasteiger partial charge in [0.15, 0.2) is 0 Å². The van der Waals surface area contributed by atoms with Crippen molar-refractivity contribution in [2.75, 3.05) is 12.3 Å². The molecule has 0 radical (unpaired) electrons. The summed E-state index contributed by atoms with van der Waals surface area (Å²) in [6.07, 6.45) is 4.16. The zero-order valence-electron chi connectivity index (χ0n) is 4.85. The van der Waals surface area contributed by atoms with Gasteiger partial charge in [-0.15, -0.1) is 0 Å². The number of nitrogens with one attached hydrogen (secondary N) is 1. The Labute approximate surface area is 58.5 Å². The molecule has 0 aromatic heterocycles. The summed E-state index contributed by atoms with van der Waals surface area (Å²) in [7, 11) is 3.73. The molecule has 8 heavy (non-hydrogen) atoms. The van der Waals surface area contributed by atoms with Gasteiger partial charge in [0, 0.05) is 12.3 Å². The van der Waals surface area contributed by atoms with Crippen molar-refractivity contribution in [3.8, 4) is 0 Å². The van der Waals surface area contributed by atoms with E-state index in [-0.39, 0.29) is 0 Å². The maximum absolute atomic E-state index is 3.27. The van der Waals surface area contributed by atoms with Gasteiger partial charge in [0.1, 0.15) is 0 Å². The second-order valence-corrected chi connectivity index (χ2v) is 4.17. The predicted molar refractivity (Wildman–Crippen MR) is 41.9 cm³/mol. The van der Waals surface area contributed by atoms with E-state index in [2.05, 4.69) is 4.72 Å². The molecule has 1 rings (SSSR count). The zero-order valence-corrected chi connectivity index (χ0v) is 6.49. The van der Waals surface area contributed by atoms with Crippen molar-refractivity contribution in [3.05, 3.63) is 0 Å². The molecule has 0 unspecified atom stereocenters. The van der Waals surface area contributed by atoms with E-state index in [9.17, 15) is 0 Å². The molecule has 0 atom stereocenters. The first-order valence-corrected chi connectivity index (χ1v) is 5.33. The number of rotatable bonds is 0. The first-order valence-electron chi connectivity index (χ1n) is 3.01. The second kappa shape index (κ2) is 4.53. The van der Waals surface area contributed by atoms with E-state index < -0.39 is 0 Å². The van der Waals surface area contributed by atoms with Crippen LogP contribution in [0.5, 0.6) is 0 Å². The molecule has 1 heterocycles. The lowest BCUT2D eigenvalue weighted by atomic mass is 10.2. The first kappa shape index (κ1) is 6.78. The van der Waals surface area contributed by atoms with Gasteiger partial charge in [0.25, 0.3) is 0 Å². The van der Waals surface area contributed by atoms with Crippen LogP contribution in [0.4, 0.5) is 0 Å². The summed E-state index contributed by atoms with van der Waals surface area (Å²) in [6.45, 7) is 1.19. The van der Waals surface area contributed by atoms with Crippen molar-refractivity contribution in [1.29, 1.82) is 0 Å². The molecule has 1 saturated heterocycles. The molecular weight excluding hydrogens is 138 g/mol. The lowest BCUT2D eigenvalue weighted by Crippen LogP contribution is -2.05. The van der Waals surface area contributed by atoms with Gasteiger partial charge in [-0.1, -0.05) is 17.2 Å². The fourth-order valence-electron chi connectivity index (χ4n) is 0.660. The molecule has 1 aliphatic rings. The third-order valence-corrected chi connectivity index (χ3v) is 3.23. The van der Waals surface area contributed by atoms with Crippen LogP contribution in [-0.4, -0.2) is 12.3 Å². The highest BCUT2D eigenvalue weighted by Crippen LogP contribution is 2.21. The average Bonchev–Trinajstić information content (AvgIpc) is 1.62. The Morgan fingerprint density at radius 2 is 2.12 bits per heavy atom. The monoisotopic (exact) mass is 149 g/mol. The van der Waals surface area contributed by atoms with Gasteiger partial charge in [-0.05, 0) is 23.8 Å². The fraction of sp³-hybridized carbons (Fsp3) is 1.00. The SMILES string of the molecule is C1CCNSSCC1. The van der Waals surface area contributed by atoms with Crippen molar-refractivity contribution < 1.29 is 0 Å². The van der Waals surface area contributed by atoms with E-state index in [0.717, 1.165) is 0 Å². The van der Waals surface area contributed by atoms with Crippen LogP contribution in [0.25, 0.3) is 0 Å². The van der Waals surface area contributed by atoms with E-state index >= 15 is 0 Å². The highest BCUT2D eigenvalue weighted by Gasteiger charge is 1.95. The van der Waals surface area contributed by atoms with Gasteiger partial charge in [0.05, 0.1) is 0 Å². The number of hydrogen-bond donors (Lipinski definition) is 1. The molecule has 0 bridgehead atoms. The van der Waals surface area contributed by atoms with Crippen LogP contribution in [0.2, 0.25) is 0 Å². The van der Waals surface area contributed by atoms with E-state index in [1.807, 2.05) is 10.8 Å². The maximum atomic E-state index is 3.27. The van der Waals surface area contributed by atoms with E-state index in [0.29, 0.717) is 0 Å². The molecule has 0 spiro atoms. The standard InChI is InChI=1S/C5H11NS2/c1-2-4-6-8-7-5-3-1/h6H,1-5H2. The molecule has 0 saturated carbocycles. The van der Waals surface area contributed by atoms with Gasteiger partial charge >= 0.3 is 0 Å². The maximum Gasteiger partial charge on any atom is 0.00664 e. The van der Waals surface area contributed by atoms with E-state index in [1.54, 1.807) is 11.0 Å². The molecule has 1 aliphatic heterocycles. The highest BCUT2D eigenvalue weighted by molar-refractivity contribution is 8.76.